The number of para-hydroxylation sites is 1. The van der Waals surface area contributed by atoms with Gasteiger partial charge in [-0.1, -0.05) is 41.4 Å². The van der Waals surface area contributed by atoms with E-state index in [-0.39, 0.29) is 5.91 Å². The number of halogens is 2. The van der Waals surface area contributed by atoms with Crippen LogP contribution in [0.3, 0.4) is 0 Å². The van der Waals surface area contributed by atoms with Gasteiger partial charge in [0, 0.05) is 35.2 Å². The molecule has 1 amide bonds. The van der Waals surface area contributed by atoms with Gasteiger partial charge < -0.3 is 9.88 Å². The average molecular weight is 375 g/mol. The molecule has 1 heterocycles. The molecule has 25 heavy (non-hydrogen) atoms. The summed E-state index contributed by atoms with van der Waals surface area (Å²) in [7, 11) is 0. The SMILES string of the molecule is CCn1cc(CCCNC(=O)c2ccc(Cl)cc2Cl)c2ccccc21. The van der Waals surface area contributed by atoms with Crippen LogP contribution in [0.2, 0.25) is 10.0 Å². The fraction of sp³-hybridized carbons (Fsp3) is 0.250. The van der Waals surface area contributed by atoms with Crippen LogP contribution in [0.15, 0.2) is 48.7 Å². The Morgan fingerprint density at radius 3 is 2.72 bits per heavy atom. The second-order valence-corrected chi connectivity index (χ2v) is 6.78. The topological polar surface area (TPSA) is 34.0 Å². The van der Waals surface area contributed by atoms with Crippen LogP contribution < -0.4 is 5.32 Å². The fourth-order valence-corrected chi connectivity index (χ4v) is 3.53. The standard InChI is InChI=1S/C20H20Cl2N2O/c1-2-24-13-14(16-7-3-4-8-19(16)24)6-5-11-23-20(25)17-10-9-15(21)12-18(17)22/h3-4,7-10,12-13H,2,5-6,11H2,1H3,(H,23,25). The van der Waals surface area contributed by atoms with Crippen LogP contribution >= 0.6 is 23.2 Å². The lowest BCUT2D eigenvalue weighted by Gasteiger charge is -2.07. The highest BCUT2D eigenvalue weighted by Gasteiger charge is 2.11. The lowest BCUT2D eigenvalue weighted by Crippen LogP contribution is -2.25. The quantitative estimate of drug-likeness (QED) is 0.581. The van der Waals surface area contributed by atoms with Crippen molar-refractivity contribution in [3.05, 3.63) is 69.8 Å². The molecule has 1 aromatic heterocycles. The van der Waals surface area contributed by atoms with Gasteiger partial charge in [-0.15, -0.1) is 0 Å². The van der Waals surface area contributed by atoms with E-state index < -0.39 is 0 Å². The molecule has 0 spiro atoms. The van der Waals surface area contributed by atoms with Crippen LogP contribution in [0.4, 0.5) is 0 Å². The van der Waals surface area contributed by atoms with Crippen LogP contribution in [-0.4, -0.2) is 17.0 Å². The molecule has 0 bridgehead atoms. The number of hydrogen-bond acceptors (Lipinski definition) is 1. The van der Waals surface area contributed by atoms with Gasteiger partial charge in [-0.2, -0.15) is 0 Å². The number of aromatic nitrogens is 1. The molecular weight excluding hydrogens is 355 g/mol. The zero-order valence-electron chi connectivity index (χ0n) is 14.1. The van der Waals surface area contributed by atoms with Crippen molar-refractivity contribution < 1.29 is 4.79 Å². The normalized spacial score (nSPS) is 11.0. The molecule has 1 N–H and O–H groups in total. The molecule has 0 aliphatic carbocycles. The molecule has 0 saturated heterocycles. The van der Waals surface area contributed by atoms with Crippen LogP contribution in [0.5, 0.6) is 0 Å². The molecule has 3 rings (SSSR count). The van der Waals surface area contributed by atoms with Gasteiger partial charge in [0.1, 0.15) is 0 Å². The van der Waals surface area contributed by atoms with E-state index in [1.165, 1.54) is 16.5 Å². The van der Waals surface area contributed by atoms with Crippen LogP contribution in [0.25, 0.3) is 10.9 Å². The van der Waals surface area contributed by atoms with E-state index in [9.17, 15) is 4.79 Å². The molecule has 2 aromatic carbocycles. The molecule has 3 aromatic rings. The van der Waals surface area contributed by atoms with Gasteiger partial charge in [0.05, 0.1) is 10.6 Å². The van der Waals surface area contributed by atoms with Gasteiger partial charge in [-0.25, -0.2) is 0 Å². The predicted molar refractivity (Wildman–Crippen MR) is 105 cm³/mol. The first-order valence-electron chi connectivity index (χ1n) is 8.40. The number of carbonyl (C=O) groups excluding carboxylic acids is 1. The van der Waals surface area contributed by atoms with Gasteiger partial charge in [0.2, 0.25) is 0 Å². The monoisotopic (exact) mass is 374 g/mol. The Kier molecular flexibility index (Phi) is 5.67. The van der Waals surface area contributed by atoms with E-state index in [1.807, 2.05) is 0 Å². The highest BCUT2D eigenvalue weighted by atomic mass is 35.5. The van der Waals surface area contributed by atoms with Crippen molar-refractivity contribution >= 4 is 40.0 Å². The minimum absolute atomic E-state index is 0.169. The summed E-state index contributed by atoms with van der Waals surface area (Å²) in [6, 6.07) is 13.3. The first-order chi connectivity index (χ1) is 12.1. The zero-order valence-corrected chi connectivity index (χ0v) is 15.6. The highest BCUT2D eigenvalue weighted by molar-refractivity contribution is 6.36. The van der Waals surface area contributed by atoms with Gasteiger partial charge in [-0.05, 0) is 49.6 Å². The average Bonchev–Trinajstić information content (AvgIpc) is 2.96. The van der Waals surface area contributed by atoms with Crippen molar-refractivity contribution in [1.82, 2.24) is 9.88 Å². The summed E-state index contributed by atoms with van der Waals surface area (Å²) in [6.07, 6.45) is 4.00. The number of amides is 1. The number of hydrogen-bond donors (Lipinski definition) is 1. The van der Waals surface area contributed by atoms with Gasteiger partial charge >= 0.3 is 0 Å². The van der Waals surface area contributed by atoms with Gasteiger partial charge in [-0.3, -0.25) is 4.79 Å². The molecule has 5 heteroatoms. The summed E-state index contributed by atoms with van der Waals surface area (Å²) >= 11 is 11.9. The second kappa shape index (κ2) is 7.94. The van der Waals surface area contributed by atoms with Gasteiger partial charge in [0.15, 0.2) is 0 Å². The largest absolute Gasteiger partial charge is 0.352 e. The minimum Gasteiger partial charge on any atom is -0.352 e. The first kappa shape index (κ1) is 17.8. The molecule has 130 valence electrons. The fourth-order valence-electron chi connectivity index (χ4n) is 3.03. The summed E-state index contributed by atoms with van der Waals surface area (Å²) in [5.74, 6) is -0.169. The number of benzene rings is 2. The van der Waals surface area contributed by atoms with Crippen molar-refractivity contribution in [2.24, 2.45) is 0 Å². The van der Waals surface area contributed by atoms with Crippen molar-refractivity contribution in [3.63, 3.8) is 0 Å². The number of rotatable bonds is 6. The molecule has 0 saturated carbocycles. The Morgan fingerprint density at radius 2 is 1.96 bits per heavy atom. The first-order valence-corrected chi connectivity index (χ1v) is 9.15. The van der Waals surface area contributed by atoms with E-state index in [0.29, 0.717) is 22.2 Å². The Hall–Kier alpha value is -1.97. The lowest BCUT2D eigenvalue weighted by molar-refractivity contribution is 0.0953. The molecule has 0 unspecified atom stereocenters. The van der Waals surface area contributed by atoms with Crippen molar-refractivity contribution in [2.45, 2.75) is 26.3 Å². The predicted octanol–water partition coefficient (Wildman–Crippen LogP) is 5.33. The molecule has 0 aliphatic rings. The maximum Gasteiger partial charge on any atom is 0.252 e. The Labute approximate surface area is 157 Å². The van der Waals surface area contributed by atoms with Crippen LogP contribution in [0, 0.1) is 0 Å². The van der Waals surface area contributed by atoms with E-state index >= 15 is 0 Å². The van der Waals surface area contributed by atoms with Crippen LogP contribution in [-0.2, 0) is 13.0 Å². The maximum absolute atomic E-state index is 12.2. The van der Waals surface area contributed by atoms with Crippen molar-refractivity contribution in [2.75, 3.05) is 6.54 Å². The Balaban J connectivity index is 1.59. The van der Waals surface area contributed by atoms with Crippen molar-refractivity contribution in [1.29, 1.82) is 0 Å². The molecule has 0 fully saturated rings. The number of nitrogens with zero attached hydrogens (tertiary/aromatic N) is 1. The summed E-state index contributed by atoms with van der Waals surface area (Å²) < 4.78 is 2.26. The molecule has 0 radical (unpaired) electrons. The smallest absolute Gasteiger partial charge is 0.252 e. The summed E-state index contributed by atoms with van der Waals surface area (Å²) in [6.45, 7) is 3.70. The maximum atomic E-state index is 12.2. The zero-order chi connectivity index (χ0) is 17.8. The minimum atomic E-state index is -0.169. The molecule has 3 nitrogen and oxygen atoms in total. The lowest BCUT2D eigenvalue weighted by atomic mass is 10.1. The third-order valence-corrected chi connectivity index (χ3v) is 4.84. The van der Waals surface area contributed by atoms with Crippen molar-refractivity contribution in [3.8, 4) is 0 Å². The number of aryl methyl sites for hydroxylation is 2. The highest BCUT2D eigenvalue weighted by Crippen LogP contribution is 2.23. The van der Waals surface area contributed by atoms with Gasteiger partial charge in [0.25, 0.3) is 5.91 Å². The molecule has 0 atom stereocenters. The van der Waals surface area contributed by atoms with Crippen LogP contribution in [0.1, 0.15) is 29.3 Å². The molecular formula is C20H20Cl2N2O. The van der Waals surface area contributed by atoms with E-state index in [2.05, 4.69) is 47.3 Å². The Morgan fingerprint density at radius 1 is 1.16 bits per heavy atom. The van der Waals surface area contributed by atoms with E-state index in [0.717, 1.165) is 19.4 Å². The summed E-state index contributed by atoms with van der Waals surface area (Å²) in [5, 5.41) is 5.11. The van der Waals surface area contributed by atoms with E-state index in [1.54, 1.807) is 18.2 Å². The third-order valence-electron chi connectivity index (χ3n) is 4.30. The van der Waals surface area contributed by atoms with E-state index in [4.69, 9.17) is 23.2 Å². The number of nitrogens with one attached hydrogen (secondary N) is 1. The Bertz CT molecular complexity index is 902. The molecule has 0 aliphatic heterocycles. The number of carbonyl (C=O) groups is 1. The third kappa shape index (κ3) is 4.00. The summed E-state index contributed by atoms with van der Waals surface area (Å²) in [4.78, 5) is 12.2. The second-order valence-electron chi connectivity index (χ2n) is 5.94. The number of fused-ring (bicyclic) bond motifs is 1. The summed E-state index contributed by atoms with van der Waals surface area (Å²) in [5.41, 5.74) is 3.03.